The summed E-state index contributed by atoms with van der Waals surface area (Å²) in [7, 11) is 0. The van der Waals surface area contributed by atoms with Gasteiger partial charge in [-0.2, -0.15) is 0 Å². The number of amides is 1. The van der Waals surface area contributed by atoms with Crippen molar-refractivity contribution in [2.24, 2.45) is 0 Å². The van der Waals surface area contributed by atoms with Gasteiger partial charge in [0.25, 0.3) is 0 Å². The van der Waals surface area contributed by atoms with Crippen LogP contribution in [0, 0.1) is 5.82 Å². The second-order valence-electron chi connectivity index (χ2n) is 5.09. The molecule has 1 aromatic rings. The number of carbonyl (C=O) groups is 1. The molecule has 0 bridgehead atoms. The van der Waals surface area contributed by atoms with Crippen LogP contribution in [-0.2, 0) is 4.79 Å². The Hall–Kier alpha value is -1.42. The number of carbonyl (C=O) groups excluding carboxylic acids is 1. The predicted octanol–water partition coefficient (Wildman–Crippen LogP) is 3.08. The van der Waals surface area contributed by atoms with E-state index in [1.165, 1.54) is 44.2 Å². The number of anilines is 1. The van der Waals surface area contributed by atoms with Crippen molar-refractivity contribution in [2.75, 3.05) is 11.9 Å². The fourth-order valence-corrected chi connectivity index (χ4v) is 2.45. The van der Waals surface area contributed by atoms with Gasteiger partial charge in [0, 0.05) is 24.7 Å². The van der Waals surface area contributed by atoms with Gasteiger partial charge in [0.15, 0.2) is 0 Å². The minimum absolute atomic E-state index is 0.0325. The standard InChI is InChI=1S/C15H21FN2O/c16-12-6-8-14(9-7-12)18-15(19)10-11-17-13-4-2-1-3-5-13/h6-9,13,17H,1-5,10-11H2,(H,18,19). The third kappa shape index (κ3) is 4.99. The Balaban J connectivity index is 1.65. The molecule has 1 saturated carbocycles. The third-order valence-corrected chi connectivity index (χ3v) is 3.52. The van der Waals surface area contributed by atoms with Crippen molar-refractivity contribution in [1.82, 2.24) is 5.32 Å². The molecule has 0 radical (unpaired) electrons. The van der Waals surface area contributed by atoms with E-state index in [-0.39, 0.29) is 11.7 Å². The van der Waals surface area contributed by atoms with Crippen molar-refractivity contribution >= 4 is 11.6 Å². The molecule has 0 unspecified atom stereocenters. The zero-order chi connectivity index (χ0) is 13.5. The zero-order valence-electron chi connectivity index (χ0n) is 11.1. The molecule has 1 aliphatic rings. The summed E-state index contributed by atoms with van der Waals surface area (Å²) in [5, 5.41) is 6.19. The van der Waals surface area contributed by atoms with Gasteiger partial charge < -0.3 is 10.6 Å². The normalized spacial score (nSPS) is 16.3. The van der Waals surface area contributed by atoms with Gasteiger partial charge in [0.1, 0.15) is 5.82 Å². The summed E-state index contributed by atoms with van der Waals surface area (Å²) in [5.74, 6) is -0.327. The van der Waals surface area contributed by atoms with E-state index in [1.54, 1.807) is 12.1 Å². The fraction of sp³-hybridized carbons (Fsp3) is 0.533. The van der Waals surface area contributed by atoms with Crippen LogP contribution in [0.1, 0.15) is 38.5 Å². The molecule has 0 saturated heterocycles. The number of benzene rings is 1. The van der Waals surface area contributed by atoms with Crippen molar-refractivity contribution in [2.45, 2.75) is 44.6 Å². The SMILES string of the molecule is O=C(CCNC1CCCCC1)Nc1ccc(F)cc1. The predicted molar refractivity (Wildman–Crippen MR) is 74.5 cm³/mol. The molecular formula is C15H21FN2O. The summed E-state index contributed by atoms with van der Waals surface area (Å²) in [4.78, 5) is 11.7. The number of halogens is 1. The van der Waals surface area contributed by atoms with Crippen LogP contribution in [0.15, 0.2) is 24.3 Å². The van der Waals surface area contributed by atoms with Crippen LogP contribution in [-0.4, -0.2) is 18.5 Å². The lowest BCUT2D eigenvalue weighted by Crippen LogP contribution is -2.33. The number of nitrogens with one attached hydrogen (secondary N) is 2. The largest absolute Gasteiger partial charge is 0.326 e. The first-order chi connectivity index (χ1) is 9.24. The van der Waals surface area contributed by atoms with E-state index >= 15 is 0 Å². The Kier molecular flexibility index (Phi) is 5.33. The summed E-state index contributed by atoms with van der Waals surface area (Å²) in [6.45, 7) is 0.706. The van der Waals surface area contributed by atoms with Crippen molar-refractivity contribution in [3.8, 4) is 0 Å². The van der Waals surface area contributed by atoms with Crippen LogP contribution in [0.5, 0.6) is 0 Å². The molecule has 1 fully saturated rings. The molecule has 19 heavy (non-hydrogen) atoms. The topological polar surface area (TPSA) is 41.1 Å². The summed E-state index contributed by atoms with van der Waals surface area (Å²) in [6, 6.07) is 6.41. The van der Waals surface area contributed by atoms with E-state index in [0.717, 1.165) is 0 Å². The molecule has 1 aromatic carbocycles. The molecule has 3 nitrogen and oxygen atoms in total. The minimum Gasteiger partial charge on any atom is -0.326 e. The third-order valence-electron chi connectivity index (χ3n) is 3.52. The second kappa shape index (κ2) is 7.24. The van der Waals surface area contributed by atoms with Crippen LogP contribution in [0.2, 0.25) is 0 Å². The summed E-state index contributed by atoms with van der Waals surface area (Å²) in [5.41, 5.74) is 0.643. The van der Waals surface area contributed by atoms with E-state index in [4.69, 9.17) is 0 Å². The van der Waals surface area contributed by atoms with Gasteiger partial charge in [-0.15, -0.1) is 0 Å². The first-order valence-corrected chi connectivity index (χ1v) is 7.03. The molecule has 0 spiro atoms. The van der Waals surface area contributed by atoms with Gasteiger partial charge in [-0.3, -0.25) is 4.79 Å². The highest BCUT2D eigenvalue weighted by Gasteiger charge is 2.12. The van der Waals surface area contributed by atoms with Gasteiger partial charge in [0.2, 0.25) is 5.91 Å². The van der Waals surface area contributed by atoms with Crippen molar-refractivity contribution < 1.29 is 9.18 Å². The molecule has 1 amide bonds. The van der Waals surface area contributed by atoms with Gasteiger partial charge in [-0.1, -0.05) is 19.3 Å². The Morgan fingerprint density at radius 1 is 1.16 bits per heavy atom. The van der Waals surface area contributed by atoms with E-state index in [9.17, 15) is 9.18 Å². The van der Waals surface area contributed by atoms with Crippen molar-refractivity contribution in [3.63, 3.8) is 0 Å². The zero-order valence-corrected chi connectivity index (χ0v) is 11.1. The molecule has 1 aliphatic carbocycles. The lowest BCUT2D eigenvalue weighted by molar-refractivity contribution is -0.116. The summed E-state index contributed by atoms with van der Waals surface area (Å²) < 4.78 is 12.7. The maximum atomic E-state index is 12.7. The average Bonchev–Trinajstić information content (AvgIpc) is 2.43. The Labute approximate surface area is 113 Å². The van der Waals surface area contributed by atoms with Gasteiger partial charge >= 0.3 is 0 Å². The van der Waals surface area contributed by atoms with Crippen LogP contribution in [0.25, 0.3) is 0 Å². The van der Waals surface area contributed by atoms with Crippen LogP contribution < -0.4 is 10.6 Å². The molecule has 0 heterocycles. The second-order valence-corrected chi connectivity index (χ2v) is 5.09. The first-order valence-electron chi connectivity index (χ1n) is 7.03. The molecule has 2 N–H and O–H groups in total. The van der Waals surface area contributed by atoms with Crippen LogP contribution >= 0.6 is 0 Å². The quantitative estimate of drug-likeness (QED) is 0.858. The summed E-state index contributed by atoms with van der Waals surface area (Å²) >= 11 is 0. The molecule has 0 aromatic heterocycles. The Morgan fingerprint density at radius 3 is 2.53 bits per heavy atom. The minimum atomic E-state index is -0.294. The maximum absolute atomic E-state index is 12.7. The fourth-order valence-electron chi connectivity index (χ4n) is 2.45. The van der Waals surface area contributed by atoms with Gasteiger partial charge in [-0.25, -0.2) is 4.39 Å². The molecule has 0 aliphatic heterocycles. The Morgan fingerprint density at radius 2 is 1.84 bits per heavy atom. The molecular weight excluding hydrogens is 243 g/mol. The maximum Gasteiger partial charge on any atom is 0.225 e. The number of rotatable bonds is 5. The van der Waals surface area contributed by atoms with E-state index in [0.29, 0.717) is 24.7 Å². The van der Waals surface area contributed by atoms with Crippen molar-refractivity contribution in [3.05, 3.63) is 30.1 Å². The van der Waals surface area contributed by atoms with Crippen LogP contribution in [0.3, 0.4) is 0 Å². The summed E-state index contributed by atoms with van der Waals surface area (Å²) in [6.07, 6.45) is 6.81. The van der Waals surface area contributed by atoms with E-state index in [2.05, 4.69) is 10.6 Å². The smallest absolute Gasteiger partial charge is 0.225 e. The Bertz CT molecular complexity index is 399. The first kappa shape index (κ1) is 14.0. The average molecular weight is 264 g/mol. The molecule has 2 rings (SSSR count). The monoisotopic (exact) mass is 264 g/mol. The van der Waals surface area contributed by atoms with Gasteiger partial charge in [0.05, 0.1) is 0 Å². The molecule has 104 valence electrons. The lowest BCUT2D eigenvalue weighted by atomic mass is 9.95. The number of hydrogen-bond donors (Lipinski definition) is 2. The molecule has 4 heteroatoms. The lowest BCUT2D eigenvalue weighted by Gasteiger charge is -2.22. The van der Waals surface area contributed by atoms with Gasteiger partial charge in [-0.05, 0) is 37.1 Å². The van der Waals surface area contributed by atoms with E-state index in [1.807, 2.05) is 0 Å². The highest BCUT2D eigenvalue weighted by Crippen LogP contribution is 2.17. The number of hydrogen-bond acceptors (Lipinski definition) is 2. The molecule has 0 atom stereocenters. The van der Waals surface area contributed by atoms with Crippen LogP contribution in [0.4, 0.5) is 10.1 Å². The highest BCUT2D eigenvalue weighted by atomic mass is 19.1. The van der Waals surface area contributed by atoms with Crippen molar-refractivity contribution in [1.29, 1.82) is 0 Å². The highest BCUT2D eigenvalue weighted by molar-refractivity contribution is 5.90. The van der Waals surface area contributed by atoms with E-state index < -0.39 is 0 Å².